The Morgan fingerprint density at radius 1 is 1.12 bits per heavy atom. The van der Waals surface area contributed by atoms with Crippen LogP contribution in [-0.4, -0.2) is 25.4 Å². The van der Waals surface area contributed by atoms with Gasteiger partial charge in [0.2, 0.25) is 5.91 Å². The smallest absolute Gasteiger partial charge is 0.237 e. The summed E-state index contributed by atoms with van der Waals surface area (Å²) in [5.41, 5.74) is 1.90. The van der Waals surface area contributed by atoms with E-state index in [0.717, 1.165) is 19.7 Å². The lowest BCUT2D eigenvalue weighted by Crippen LogP contribution is -2.22. The maximum atomic E-state index is 12.4. The number of benzene rings is 2. The molecule has 2 aromatic rings. The number of halogens is 1. The summed E-state index contributed by atoms with van der Waals surface area (Å²) in [6.45, 7) is 3.88. The Morgan fingerprint density at radius 3 is 2.46 bits per heavy atom. The van der Waals surface area contributed by atoms with Crippen molar-refractivity contribution in [2.45, 2.75) is 24.0 Å². The molecule has 0 aliphatic heterocycles. The fourth-order valence-electron chi connectivity index (χ4n) is 2.15. The van der Waals surface area contributed by atoms with Crippen LogP contribution in [0.15, 0.2) is 41.3 Å². The average molecular weight is 457 g/mol. The predicted octanol–water partition coefficient (Wildman–Crippen LogP) is 4.74. The van der Waals surface area contributed by atoms with Crippen LogP contribution in [0.4, 0.5) is 5.69 Å². The van der Waals surface area contributed by atoms with Crippen LogP contribution in [0.2, 0.25) is 0 Å². The van der Waals surface area contributed by atoms with Crippen molar-refractivity contribution >= 4 is 45.9 Å². The van der Waals surface area contributed by atoms with E-state index in [4.69, 9.17) is 9.47 Å². The summed E-state index contributed by atoms with van der Waals surface area (Å²) >= 11 is 3.74. The fraction of sp³-hybridized carbons (Fsp3) is 0.278. The molecular weight excluding hydrogens is 437 g/mol. The highest BCUT2D eigenvalue weighted by Crippen LogP contribution is 2.33. The van der Waals surface area contributed by atoms with Gasteiger partial charge in [-0.05, 0) is 78.4 Å². The molecule has 0 heterocycles. The van der Waals surface area contributed by atoms with E-state index < -0.39 is 0 Å². The molecule has 128 valence electrons. The van der Waals surface area contributed by atoms with E-state index in [-0.39, 0.29) is 11.2 Å². The molecule has 0 aliphatic carbocycles. The second-order valence-corrected chi connectivity index (χ2v) is 7.89. The van der Waals surface area contributed by atoms with Gasteiger partial charge in [-0.25, -0.2) is 0 Å². The SMILES string of the molecule is COc1ccc(S[C@@H](C)C(=O)Nc2ccc(I)cc2C)cc1OC. The lowest BCUT2D eigenvalue weighted by Gasteiger charge is -2.15. The largest absolute Gasteiger partial charge is 0.493 e. The molecule has 0 saturated carbocycles. The van der Waals surface area contributed by atoms with Crippen LogP contribution in [0.5, 0.6) is 11.5 Å². The number of hydrogen-bond acceptors (Lipinski definition) is 4. The maximum Gasteiger partial charge on any atom is 0.237 e. The molecule has 4 nitrogen and oxygen atoms in total. The van der Waals surface area contributed by atoms with Crippen LogP contribution in [0, 0.1) is 10.5 Å². The second kappa shape index (κ2) is 8.62. The number of anilines is 1. The normalized spacial score (nSPS) is 11.7. The second-order valence-electron chi connectivity index (χ2n) is 5.23. The summed E-state index contributed by atoms with van der Waals surface area (Å²) in [5.74, 6) is 1.30. The fourth-order valence-corrected chi connectivity index (χ4v) is 3.69. The molecule has 6 heteroatoms. The molecule has 0 saturated heterocycles. The van der Waals surface area contributed by atoms with Crippen LogP contribution in [-0.2, 0) is 4.79 Å². The first-order valence-electron chi connectivity index (χ1n) is 7.40. The zero-order chi connectivity index (χ0) is 17.7. The van der Waals surface area contributed by atoms with Crippen molar-refractivity contribution in [3.05, 3.63) is 45.5 Å². The maximum absolute atomic E-state index is 12.4. The molecule has 1 atom stereocenters. The lowest BCUT2D eigenvalue weighted by atomic mass is 10.2. The number of thioether (sulfide) groups is 1. The van der Waals surface area contributed by atoms with E-state index in [2.05, 4.69) is 27.9 Å². The third-order valence-electron chi connectivity index (χ3n) is 3.48. The van der Waals surface area contributed by atoms with Crippen molar-refractivity contribution in [1.29, 1.82) is 0 Å². The van der Waals surface area contributed by atoms with Crippen LogP contribution in [0.1, 0.15) is 12.5 Å². The predicted molar refractivity (Wildman–Crippen MR) is 107 cm³/mol. The number of carbonyl (C=O) groups is 1. The van der Waals surface area contributed by atoms with E-state index in [1.807, 2.05) is 50.2 Å². The Balaban J connectivity index is 2.06. The molecule has 0 radical (unpaired) electrons. The van der Waals surface area contributed by atoms with Gasteiger partial charge in [0.1, 0.15) is 0 Å². The molecule has 2 rings (SSSR count). The van der Waals surface area contributed by atoms with Gasteiger partial charge in [-0.1, -0.05) is 0 Å². The molecule has 0 fully saturated rings. The number of nitrogens with one attached hydrogen (secondary N) is 1. The van der Waals surface area contributed by atoms with E-state index in [1.165, 1.54) is 11.8 Å². The Hall–Kier alpha value is -1.41. The minimum absolute atomic E-state index is 0.0286. The van der Waals surface area contributed by atoms with Crippen molar-refractivity contribution in [1.82, 2.24) is 0 Å². The van der Waals surface area contributed by atoms with Crippen molar-refractivity contribution in [3.8, 4) is 11.5 Å². The number of carbonyl (C=O) groups excluding carboxylic acids is 1. The molecule has 0 unspecified atom stereocenters. The summed E-state index contributed by atoms with van der Waals surface area (Å²) in [6, 6.07) is 11.6. The number of ether oxygens (including phenoxy) is 2. The molecule has 0 bridgehead atoms. The summed E-state index contributed by atoms with van der Waals surface area (Å²) < 4.78 is 11.7. The van der Waals surface area contributed by atoms with Gasteiger partial charge in [0.15, 0.2) is 11.5 Å². The van der Waals surface area contributed by atoms with Crippen molar-refractivity contribution < 1.29 is 14.3 Å². The van der Waals surface area contributed by atoms with Crippen molar-refractivity contribution in [2.24, 2.45) is 0 Å². The zero-order valence-corrected chi connectivity index (χ0v) is 17.0. The Bertz CT molecular complexity index is 736. The highest BCUT2D eigenvalue weighted by Gasteiger charge is 2.16. The molecule has 2 aromatic carbocycles. The van der Waals surface area contributed by atoms with E-state index in [9.17, 15) is 4.79 Å². The van der Waals surface area contributed by atoms with Gasteiger partial charge >= 0.3 is 0 Å². The molecule has 0 aromatic heterocycles. The Morgan fingerprint density at radius 2 is 1.83 bits per heavy atom. The van der Waals surface area contributed by atoms with Gasteiger partial charge in [-0.3, -0.25) is 4.79 Å². The first-order valence-corrected chi connectivity index (χ1v) is 9.36. The Kier molecular flexibility index (Phi) is 6.79. The highest BCUT2D eigenvalue weighted by molar-refractivity contribution is 14.1. The van der Waals surface area contributed by atoms with Gasteiger partial charge < -0.3 is 14.8 Å². The third kappa shape index (κ3) is 4.80. The van der Waals surface area contributed by atoms with Crippen molar-refractivity contribution in [3.63, 3.8) is 0 Å². The lowest BCUT2D eigenvalue weighted by molar-refractivity contribution is -0.115. The zero-order valence-electron chi connectivity index (χ0n) is 14.1. The molecular formula is C18H20INO3S. The van der Waals surface area contributed by atoms with Gasteiger partial charge in [0.05, 0.1) is 19.5 Å². The van der Waals surface area contributed by atoms with Crippen LogP contribution >= 0.6 is 34.4 Å². The number of methoxy groups -OCH3 is 2. The summed E-state index contributed by atoms with van der Waals surface area (Å²) in [5, 5.41) is 2.76. The first-order chi connectivity index (χ1) is 11.4. The van der Waals surface area contributed by atoms with Crippen molar-refractivity contribution in [2.75, 3.05) is 19.5 Å². The molecule has 24 heavy (non-hydrogen) atoms. The average Bonchev–Trinajstić information content (AvgIpc) is 2.57. The molecule has 1 amide bonds. The highest BCUT2D eigenvalue weighted by atomic mass is 127. The quantitative estimate of drug-likeness (QED) is 0.503. The van der Waals surface area contributed by atoms with E-state index in [1.54, 1.807) is 14.2 Å². The van der Waals surface area contributed by atoms with E-state index in [0.29, 0.717) is 11.5 Å². The topological polar surface area (TPSA) is 47.6 Å². The molecule has 0 spiro atoms. The Labute approximate surface area is 160 Å². The summed E-state index contributed by atoms with van der Waals surface area (Å²) in [6.07, 6.45) is 0. The summed E-state index contributed by atoms with van der Waals surface area (Å²) in [4.78, 5) is 13.4. The minimum atomic E-state index is -0.234. The van der Waals surface area contributed by atoms with Crippen LogP contribution < -0.4 is 14.8 Å². The van der Waals surface area contributed by atoms with Crippen LogP contribution in [0.3, 0.4) is 0 Å². The van der Waals surface area contributed by atoms with Gasteiger partial charge in [0.25, 0.3) is 0 Å². The number of amides is 1. The van der Waals surface area contributed by atoms with Gasteiger partial charge in [-0.2, -0.15) is 0 Å². The van der Waals surface area contributed by atoms with Gasteiger partial charge in [0, 0.05) is 14.2 Å². The number of rotatable bonds is 6. The third-order valence-corrected chi connectivity index (χ3v) is 5.25. The molecule has 0 aliphatic rings. The first kappa shape index (κ1) is 18.9. The summed E-state index contributed by atoms with van der Waals surface area (Å²) in [7, 11) is 3.20. The minimum Gasteiger partial charge on any atom is -0.493 e. The van der Waals surface area contributed by atoms with Crippen LogP contribution in [0.25, 0.3) is 0 Å². The monoisotopic (exact) mass is 457 g/mol. The number of hydrogen-bond donors (Lipinski definition) is 1. The van der Waals surface area contributed by atoms with Gasteiger partial charge in [-0.15, -0.1) is 11.8 Å². The number of aryl methyl sites for hydroxylation is 1. The molecule has 1 N–H and O–H groups in total. The van der Waals surface area contributed by atoms with E-state index >= 15 is 0 Å². The standard InChI is InChI=1S/C18H20INO3S/c1-11-9-13(19)5-7-15(11)20-18(21)12(2)24-14-6-8-16(22-3)17(10-14)23-4/h5-10,12H,1-4H3,(H,20,21)/t12-/m0/s1.